The van der Waals surface area contributed by atoms with Crippen LogP contribution in [0.15, 0.2) is 30.3 Å². The topological polar surface area (TPSA) is 58.4 Å². The molecule has 0 aromatic heterocycles. The van der Waals surface area contributed by atoms with E-state index in [1.807, 2.05) is 30.3 Å². The van der Waals surface area contributed by atoms with E-state index in [1.54, 1.807) is 0 Å². The Balaban J connectivity index is 0. The molecule has 0 bridgehead atoms. The van der Waals surface area contributed by atoms with Crippen molar-refractivity contribution in [1.82, 2.24) is 10.2 Å². The predicted octanol–water partition coefficient (Wildman–Crippen LogP) is 3.40. The second-order valence-corrected chi connectivity index (χ2v) is 6.14. The van der Waals surface area contributed by atoms with Crippen LogP contribution in [0, 0.1) is 5.92 Å². The number of nitrogens with two attached hydrogens (primary N) is 1. The Hall–Kier alpha value is -0.810. The summed E-state index contributed by atoms with van der Waals surface area (Å²) in [6.45, 7) is 11.4. The minimum Gasteiger partial charge on any atom is -0.353 e. The lowest BCUT2D eigenvalue weighted by atomic mass is 10.0. The van der Waals surface area contributed by atoms with Crippen molar-refractivity contribution in [3.05, 3.63) is 35.9 Å². The molecule has 6 heteroatoms. The van der Waals surface area contributed by atoms with Crippen molar-refractivity contribution >= 4 is 30.7 Å². The molecule has 2 unspecified atom stereocenters. The Morgan fingerprint density at radius 1 is 1.12 bits per heavy atom. The third-order valence-corrected chi connectivity index (χ3v) is 4.03. The first-order valence-electron chi connectivity index (χ1n) is 8.31. The molecule has 0 aliphatic heterocycles. The summed E-state index contributed by atoms with van der Waals surface area (Å²) in [6.07, 6.45) is 1.07. The van der Waals surface area contributed by atoms with Gasteiger partial charge in [0.25, 0.3) is 0 Å². The molecule has 0 fully saturated rings. The van der Waals surface area contributed by atoms with Crippen molar-refractivity contribution in [2.24, 2.45) is 11.7 Å². The highest BCUT2D eigenvalue weighted by atomic mass is 35.5. The van der Waals surface area contributed by atoms with E-state index in [2.05, 4.69) is 37.9 Å². The second-order valence-electron chi connectivity index (χ2n) is 6.14. The lowest BCUT2D eigenvalue weighted by Crippen LogP contribution is -2.46. The van der Waals surface area contributed by atoms with Crippen LogP contribution in [0.5, 0.6) is 0 Å². The van der Waals surface area contributed by atoms with Gasteiger partial charge in [-0.05, 0) is 31.0 Å². The van der Waals surface area contributed by atoms with Gasteiger partial charge in [-0.3, -0.25) is 9.69 Å². The molecule has 0 spiro atoms. The van der Waals surface area contributed by atoms with E-state index in [0.717, 1.165) is 25.1 Å². The zero-order chi connectivity index (χ0) is 16.5. The summed E-state index contributed by atoms with van der Waals surface area (Å²) in [4.78, 5) is 14.7. The number of halogens is 2. The Kier molecular flexibility index (Phi) is 14.3. The first kappa shape index (κ1) is 25.4. The Morgan fingerprint density at radius 2 is 1.67 bits per heavy atom. The van der Waals surface area contributed by atoms with Crippen LogP contribution in [0.2, 0.25) is 0 Å². The third kappa shape index (κ3) is 8.34. The molecule has 1 rings (SSSR count). The van der Waals surface area contributed by atoms with Gasteiger partial charge < -0.3 is 11.1 Å². The fourth-order valence-electron chi connectivity index (χ4n) is 2.79. The number of amides is 1. The number of rotatable bonds is 9. The number of nitrogens with zero attached hydrogens (tertiary/aromatic N) is 1. The maximum Gasteiger partial charge on any atom is 0.241 e. The van der Waals surface area contributed by atoms with Gasteiger partial charge >= 0.3 is 0 Å². The molecule has 1 amide bonds. The van der Waals surface area contributed by atoms with Crippen molar-refractivity contribution in [2.45, 2.75) is 46.2 Å². The van der Waals surface area contributed by atoms with Crippen LogP contribution >= 0.6 is 24.8 Å². The zero-order valence-electron chi connectivity index (χ0n) is 15.2. The first-order valence-corrected chi connectivity index (χ1v) is 8.31. The molecular weight excluding hydrogens is 345 g/mol. The van der Waals surface area contributed by atoms with E-state index in [9.17, 15) is 4.79 Å². The number of hydrogen-bond acceptors (Lipinski definition) is 3. The van der Waals surface area contributed by atoms with Crippen LogP contribution in [-0.4, -0.2) is 36.5 Å². The number of carbonyl (C=O) groups is 1. The maximum absolute atomic E-state index is 12.3. The van der Waals surface area contributed by atoms with Crippen LogP contribution < -0.4 is 11.1 Å². The second kappa shape index (κ2) is 13.5. The van der Waals surface area contributed by atoms with Crippen LogP contribution in [0.1, 0.15) is 45.7 Å². The summed E-state index contributed by atoms with van der Waals surface area (Å²) in [5, 5.41) is 3.03. The molecule has 4 nitrogen and oxygen atoms in total. The van der Waals surface area contributed by atoms with Gasteiger partial charge in [-0.2, -0.15) is 0 Å². The average molecular weight is 378 g/mol. The molecule has 1 aromatic carbocycles. The molecule has 0 aliphatic carbocycles. The van der Waals surface area contributed by atoms with Crippen LogP contribution in [0.4, 0.5) is 0 Å². The largest absolute Gasteiger partial charge is 0.353 e. The predicted molar refractivity (Wildman–Crippen MR) is 107 cm³/mol. The van der Waals surface area contributed by atoms with Crippen LogP contribution in [-0.2, 0) is 4.79 Å². The van der Waals surface area contributed by atoms with Crippen LogP contribution in [0.25, 0.3) is 0 Å². The van der Waals surface area contributed by atoms with Gasteiger partial charge in [0.2, 0.25) is 5.91 Å². The molecule has 0 saturated heterocycles. The summed E-state index contributed by atoms with van der Waals surface area (Å²) >= 11 is 0. The van der Waals surface area contributed by atoms with Gasteiger partial charge in [-0.15, -0.1) is 24.8 Å². The molecule has 3 N–H and O–H groups in total. The molecule has 0 aliphatic rings. The average Bonchev–Trinajstić information content (AvgIpc) is 2.52. The van der Waals surface area contributed by atoms with Gasteiger partial charge in [-0.1, -0.05) is 58.0 Å². The van der Waals surface area contributed by atoms with Gasteiger partial charge in [0.05, 0.1) is 0 Å². The zero-order valence-corrected chi connectivity index (χ0v) is 16.8. The first-order chi connectivity index (χ1) is 10.5. The molecule has 140 valence electrons. The molecule has 0 radical (unpaired) electrons. The highest BCUT2D eigenvalue weighted by molar-refractivity contribution is 5.85. The van der Waals surface area contributed by atoms with E-state index in [0.29, 0.717) is 18.5 Å². The maximum atomic E-state index is 12.3. The van der Waals surface area contributed by atoms with Crippen molar-refractivity contribution in [3.8, 4) is 0 Å². The normalized spacial score (nSPS) is 13.0. The fraction of sp³-hybridized carbons (Fsp3) is 0.611. The fourth-order valence-corrected chi connectivity index (χ4v) is 2.79. The Labute approximate surface area is 159 Å². The molecule has 2 atom stereocenters. The summed E-state index contributed by atoms with van der Waals surface area (Å²) in [7, 11) is 0. The molecule has 0 saturated carbocycles. The van der Waals surface area contributed by atoms with Crippen molar-refractivity contribution in [1.29, 1.82) is 0 Å². The lowest BCUT2D eigenvalue weighted by Gasteiger charge is -2.31. The minimum absolute atomic E-state index is 0. The van der Waals surface area contributed by atoms with E-state index in [1.165, 1.54) is 0 Å². The minimum atomic E-state index is -0.599. The van der Waals surface area contributed by atoms with E-state index in [-0.39, 0.29) is 30.7 Å². The van der Waals surface area contributed by atoms with Gasteiger partial charge in [-0.25, -0.2) is 0 Å². The smallest absolute Gasteiger partial charge is 0.241 e. The number of likely N-dealkylation sites (N-methyl/N-ethyl adjacent to an activating group) is 1. The highest BCUT2D eigenvalue weighted by Crippen LogP contribution is 2.12. The lowest BCUT2D eigenvalue weighted by molar-refractivity contribution is -0.122. The monoisotopic (exact) mass is 377 g/mol. The van der Waals surface area contributed by atoms with Gasteiger partial charge in [0.15, 0.2) is 0 Å². The molecule has 0 heterocycles. The molecule has 24 heavy (non-hydrogen) atoms. The van der Waals surface area contributed by atoms with Crippen molar-refractivity contribution < 1.29 is 4.79 Å². The summed E-state index contributed by atoms with van der Waals surface area (Å²) < 4.78 is 0. The summed E-state index contributed by atoms with van der Waals surface area (Å²) in [6, 6.07) is 9.27. The highest BCUT2D eigenvalue weighted by Gasteiger charge is 2.20. The standard InChI is InChI=1S/C18H31N3O.2ClH/c1-5-21(6-2)16(12-14(3)4)13-20-18(22)17(19)15-10-8-7-9-11-15;;/h7-11,14,16-17H,5-6,12-13,19H2,1-4H3,(H,20,22);2*1H. The summed E-state index contributed by atoms with van der Waals surface area (Å²) in [5.74, 6) is 0.498. The Morgan fingerprint density at radius 3 is 2.12 bits per heavy atom. The van der Waals surface area contributed by atoms with Crippen molar-refractivity contribution in [3.63, 3.8) is 0 Å². The molecule has 1 aromatic rings. The number of carbonyl (C=O) groups excluding carboxylic acids is 1. The van der Waals surface area contributed by atoms with E-state index in [4.69, 9.17) is 5.73 Å². The van der Waals surface area contributed by atoms with Gasteiger partial charge in [0.1, 0.15) is 6.04 Å². The van der Waals surface area contributed by atoms with Gasteiger partial charge in [0, 0.05) is 12.6 Å². The van der Waals surface area contributed by atoms with Crippen molar-refractivity contribution in [2.75, 3.05) is 19.6 Å². The van der Waals surface area contributed by atoms with E-state index >= 15 is 0 Å². The quantitative estimate of drug-likeness (QED) is 0.692. The summed E-state index contributed by atoms with van der Waals surface area (Å²) in [5.41, 5.74) is 6.89. The van der Waals surface area contributed by atoms with E-state index < -0.39 is 6.04 Å². The number of hydrogen-bond donors (Lipinski definition) is 2. The van der Waals surface area contributed by atoms with Crippen LogP contribution in [0.3, 0.4) is 0 Å². The SMILES string of the molecule is CCN(CC)C(CNC(=O)C(N)c1ccccc1)CC(C)C.Cl.Cl. The third-order valence-electron chi connectivity index (χ3n) is 4.03. The number of nitrogens with one attached hydrogen (secondary N) is 1. The molecular formula is C18H33Cl2N3O. The number of benzene rings is 1. The Bertz CT molecular complexity index is 439.